The molecular weight excluding hydrogens is 516 g/mol. The number of halogens is 1. The molecule has 1 N–H and O–H groups in total. The van der Waals surface area contributed by atoms with E-state index < -0.39 is 0 Å². The Morgan fingerprint density at radius 1 is 1.06 bits per heavy atom. The van der Waals surface area contributed by atoms with Gasteiger partial charge in [-0.25, -0.2) is 4.99 Å². The van der Waals surface area contributed by atoms with Crippen LogP contribution >= 0.6 is 27.7 Å². The molecule has 0 bridgehead atoms. The first-order valence-electron chi connectivity index (χ1n) is 10.6. The minimum absolute atomic E-state index is 0.200. The summed E-state index contributed by atoms with van der Waals surface area (Å²) in [6.07, 6.45) is 1.80. The number of nitrogens with zero attached hydrogens (tertiary/aromatic N) is 1. The normalized spacial score (nSPS) is 15.4. The van der Waals surface area contributed by atoms with E-state index in [1.807, 2.05) is 73.7 Å². The summed E-state index contributed by atoms with van der Waals surface area (Å²) in [4.78, 5) is 17.6. The van der Waals surface area contributed by atoms with Crippen LogP contribution in [0.4, 0.5) is 5.69 Å². The van der Waals surface area contributed by atoms with Crippen molar-refractivity contribution in [3.05, 3.63) is 87.2 Å². The van der Waals surface area contributed by atoms with Crippen molar-refractivity contribution in [1.29, 1.82) is 0 Å². The topological polar surface area (TPSA) is 69.2 Å². The molecule has 1 heterocycles. The number of aliphatic imine (C=N–C) groups is 1. The fraction of sp³-hybridized carbons (Fsp3) is 0.154. The average molecular weight is 539 g/mol. The smallest absolute Gasteiger partial charge is 0.264 e. The van der Waals surface area contributed by atoms with Crippen LogP contribution in [0.5, 0.6) is 17.2 Å². The van der Waals surface area contributed by atoms with Crippen LogP contribution in [-0.2, 0) is 11.4 Å². The molecule has 0 radical (unpaired) electrons. The third-order valence-electron chi connectivity index (χ3n) is 4.80. The second kappa shape index (κ2) is 11.3. The number of thioether (sulfide) groups is 1. The van der Waals surface area contributed by atoms with Crippen molar-refractivity contribution in [1.82, 2.24) is 5.32 Å². The molecule has 3 aromatic rings. The van der Waals surface area contributed by atoms with Gasteiger partial charge in [0.2, 0.25) is 0 Å². The summed E-state index contributed by atoms with van der Waals surface area (Å²) < 4.78 is 17.7. The number of rotatable bonds is 8. The molecule has 1 aliphatic heterocycles. The highest BCUT2D eigenvalue weighted by Crippen LogP contribution is 2.39. The van der Waals surface area contributed by atoms with E-state index in [0.29, 0.717) is 34.8 Å². The van der Waals surface area contributed by atoms with Gasteiger partial charge >= 0.3 is 0 Å². The Hall–Kier alpha value is -3.23. The third kappa shape index (κ3) is 6.01. The van der Waals surface area contributed by atoms with Crippen molar-refractivity contribution in [2.45, 2.75) is 13.5 Å². The van der Waals surface area contributed by atoms with Gasteiger partial charge in [0.25, 0.3) is 5.91 Å². The standard InChI is InChI=1S/C26H23BrN2O4S/c1-3-32-20-11-9-19(10-12-20)28-26-29-25(30)23(34-26)15-18-13-21(27)24(22(14-18)31-2)33-16-17-7-5-4-6-8-17/h4-15H,3,16H2,1-2H3,(H,28,29,30)/b23-15+. The van der Waals surface area contributed by atoms with Gasteiger partial charge in [-0.2, -0.15) is 0 Å². The van der Waals surface area contributed by atoms with Gasteiger partial charge in [-0.05, 0) is 88.2 Å². The van der Waals surface area contributed by atoms with E-state index in [2.05, 4.69) is 26.2 Å². The molecule has 8 heteroatoms. The number of carbonyl (C=O) groups excluding carboxylic acids is 1. The molecule has 1 aliphatic rings. The molecule has 174 valence electrons. The van der Waals surface area contributed by atoms with Crippen molar-refractivity contribution in [2.75, 3.05) is 13.7 Å². The molecule has 1 amide bonds. The van der Waals surface area contributed by atoms with Crippen LogP contribution in [0.3, 0.4) is 0 Å². The lowest BCUT2D eigenvalue weighted by atomic mass is 10.2. The number of methoxy groups -OCH3 is 1. The van der Waals surface area contributed by atoms with Crippen molar-refractivity contribution in [2.24, 2.45) is 4.99 Å². The summed E-state index contributed by atoms with van der Waals surface area (Å²) in [5.74, 6) is 1.76. The van der Waals surface area contributed by atoms with Gasteiger partial charge in [0.05, 0.1) is 28.8 Å². The zero-order valence-corrected chi connectivity index (χ0v) is 21.1. The van der Waals surface area contributed by atoms with E-state index in [-0.39, 0.29) is 5.91 Å². The van der Waals surface area contributed by atoms with E-state index in [0.717, 1.165) is 27.0 Å². The van der Waals surface area contributed by atoms with Gasteiger partial charge in [0, 0.05) is 0 Å². The van der Waals surface area contributed by atoms with Crippen LogP contribution in [0.2, 0.25) is 0 Å². The predicted molar refractivity (Wildman–Crippen MR) is 140 cm³/mol. The SMILES string of the molecule is CCOc1ccc(N=C2NC(=O)/C(=C\c3cc(Br)c(OCc4ccccc4)c(OC)c3)S2)cc1. The van der Waals surface area contributed by atoms with Crippen LogP contribution in [-0.4, -0.2) is 24.8 Å². The summed E-state index contributed by atoms with van der Waals surface area (Å²) >= 11 is 4.86. The maximum Gasteiger partial charge on any atom is 0.264 e. The highest BCUT2D eigenvalue weighted by molar-refractivity contribution is 9.10. The Kier molecular flexibility index (Phi) is 7.92. The van der Waals surface area contributed by atoms with E-state index in [4.69, 9.17) is 14.2 Å². The van der Waals surface area contributed by atoms with E-state index >= 15 is 0 Å². The molecule has 0 spiro atoms. The van der Waals surface area contributed by atoms with E-state index in [1.165, 1.54) is 11.8 Å². The second-order valence-corrected chi connectivity index (χ2v) is 9.10. The summed E-state index contributed by atoms with van der Waals surface area (Å²) in [7, 11) is 1.59. The molecule has 0 atom stereocenters. The summed E-state index contributed by atoms with van der Waals surface area (Å²) in [5, 5.41) is 3.33. The first kappa shape index (κ1) is 23.9. The third-order valence-corrected chi connectivity index (χ3v) is 6.30. The number of ether oxygens (including phenoxy) is 3. The molecule has 1 fully saturated rings. The lowest BCUT2D eigenvalue weighted by Gasteiger charge is -2.13. The second-order valence-electron chi connectivity index (χ2n) is 7.22. The summed E-state index contributed by atoms with van der Waals surface area (Å²) in [6, 6.07) is 21.1. The molecular formula is C26H23BrN2O4S. The lowest BCUT2D eigenvalue weighted by Crippen LogP contribution is -2.19. The number of amidine groups is 1. The van der Waals surface area contributed by atoms with Crippen LogP contribution in [0.1, 0.15) is 18.1 Å². The average Bonchev–Trinajstić information content (AvgIpc) is 3.18. The Bertz CT molecular complexity index is 1230. The van der Waals surface area contributed by atoms with Crippen LogP contribution in [0.15, 0.2) is 81.1 Å². The number of benzene rings is 3. The van der Waals surface area contributed by atoms with Gasteiger partial charge in [0.1, 0.15) is 12.4 Å². The molecule has 1 saturated heterocycles. The monoisotopic (exact) mass is 538 g/mol. The predicted octanol–water partition coefficient (Wildman–Crippen LogP) is 6.33. The molecule has 0 aliphatic carbocycles. The molecule has 6 nitrogen and oxygen atoms in total. The number of nitrogens with one attached hydrogen (secondary N) is 1. The highest BCUT2D eigenvalue weighted by atomic mass is 79.9. The zero-order valence-electron chi connectivity index (χ0n) is 18.7. The molecule has 0 aromatic heterocycles. The largest absolute Gasteiger partial charge is 0.494 e. The molecule has 34 heavy (non-hydrogen) atoms. The van der Waals surface area contributed by atoms with Gasteiger partial charge in [-0.15, -0.1) is 0 Å². The Morgan fingerprint density at radius 3 is 2.53 bits per heavy atom. The molecule has 0 saturated carbocycles. The summed E-state index contributed by atoms with van der Waals surface area (Å²) in [5.41, 5.74) is 2.59. The van der Waals surface area contributed by atoms with Crippen LogP contribution in [0.25, 0.3) is 6.08 Å². The number of carbonyl (C=O) groups is 1. The van der Waals surface area contributed by atoms with Gasteiger partial charge in [-0.1, -0.05) is 30.3 Å². The Morgan fingerprint density at radius 2 is 1.82 bits per heavy atom. The number of amides is 1. The molecule has 3 aromatic carbocycles. The minimum atomic E-state index is -0.200. The zero-order chi connectivity index (χ0) is 23.9. The number of hydrogen-bond donors (Lipinski definition) is 1. The molecule has 0 unspecified atom stereocenters. The van der Waals surface area contributed by atoms with Gasteiger partial charge in [0.15, 0.2) is 16.7 Å². The van der Waals surface area contributed by atoms with Gasteiger partial charge < -0.3 is 19.5 Å². The highest BCUT2D eigenvalue weighted by Gasteiger charge is 2.24. The maximum atomic E-state index is 12.5. The Labute approximate surface area is 211 Å². The van der Waals surface area contributed by atoms with E-state index in [9.17, 15) is 4.79 Å². The quantitative estimate of drug-likeness (QED) is 0.339. The summed E-state index contributed by atoms with van der Waals surface area (Å²) in [6.45, 7) is 2.96. The number of hydrogen-bond acceptors (Lipinski definition) is 6. The lowest BCUT2D eigenvalue weighted by molar-refractivity contribution is -0.115. The maximum absolute atomic E-state index is 12.5. The van der Waals surface area contributed by atoms with Crippen molar-refractivity contribution in [3.8, 4) is 17.2 Å². The first-order chi connectivity index (χ1) is 16.6. The van der Waals surface area contributed by atoms with Crippen LogP contribution in [0, 0.1) is 0 Å². The fourth-order valence-electron chi connectivity index (χ4n) is 3.23. The Balaban J connectivity index is 1.50. The first-order valence-corrected chi connectivity index (χ1v) is 12.2. The van der Waals surface area contributed by atoms with Crippen molar-refractivity contribution in [3.63, 3.8) is 0 Å². The fourth-order valence-corrected chi connectivity index (χ4v) is 4.64. The van der Waals surface area contributed by atoms with E-state index in [1.54, 1.807) is 13.2 Å². The van der Waals surface area contributed by atoms with Crippen molar-refractivity contribution < 1.29 is 19.0 Å². The van der Waals surface area contributed by atoms with Gasteiger partial charge in [-0.3, -0.25) is 4.79 Å². The van der Waals surface area contributed by atoms with Crippen LogP contribution < -0.4 is 19.5 Å². The van der Waals surface area contributed by atoms with Crippen molar-refractivity contribution >= 4 is 50.5 Å². The molecule has 4 rings (SSSR count). The minimum Gasteiger partial charge on any atom is -0.494 e.